The van der Waals surface area contributed by atoms with Gasteiger partial charge in [0.15, 0.2) is 0 Å². The van der Waals surface area contributed by atoms with Crippen LogP contribution in [0.4, 0.5) is 0 Å². The van der Waals surface area contributed by atoms with Crippen LogP contribution >= 0.6 is 0 Å². The smallest absolute Gasteiger partial charge is 0.0918 e. The largest absolute Gasteiger partial charge is 0.193 e. The zero-order valence-electron chi connectivity index (χ0n) is 9.72. The molecule has 0 N–H and O–H groups in total. The van der Waals surface area contributed by atoms with Gasteiger partial charge in [-0.3, -0.25) is 0 Å². The van der Waals surface area contributed by atoms with Crippen LogP contribution in [0, 0.1) is 18.3 Å². The molecule has 0 bridgehead atoms. The number of nitrogens with zero attached hydrogens (tertiary/aromatic N) is 1. The molecule has 2 aromatic carbocycles. The second-order valence-corrected chi connectivity index (χ2v) is 3.92. The molecule has 0 unspecified atom stereocenters. The SMILES string of the molecule is Cc1ccc(/C(=C\C#N)c2ccccc2)cc1. The fourth-order valence-electron chi connectivity index (χ4n) is 1.75. The lowest BCUT2D eigenvalue weighted by Crippen LogP contribution is -1.87. The number of allylic oxidation sites excluding steroid dienone is 1. The van der Waals surface area contributed by atoms with Crippen molar-refractivity contribution in [1.29, 1.82) is 5.26 Å². The third kappa shape index (κ3) is 2.62. The van der Waals surface area contributed by atoms with Crippen molar-refractivity contribution in [3.63, 3.8) is 0 Å². The van der Waals surface area contributed by atoms with E-state index in [9.17, 15) is 0 Å². The lowest BCUT2D eigenvalue weighted by molar-refractivity contribution is 1.44. The molecule has 2 rings (SSSR count). The van der Waals surface area contributed by atoms with Gasteiger partial charge in [-0.05, 0) is 23.6 Å². The van der Waals surface area contributed by atoms with Crippen LogP contribution in [-0.4, -0.2) is 0 Å². The summed E-state index contributed by atoms with van der Waals surface area (Å²) in [5, 5.41) is 8.89. The summed E-state index contributed by atoms with van der Waals surface area (Å²) >= 11 is 0. The number of benzene rings is 2. The predicted octanol–water partition coefficient (Wildman–Crippen LogP) is 3.95. The van der Waals surface area contributed by atoms with Crippen molar-refractivity contribution in [1.82, 2.24) is 0 Å². The van der Waals surface area contributed by atoms with E-state index in [0.29, 0.717) is 0 Å². The maximum atomic E-state index is 8.89. The van der Waals surface area contributed by atoms with Gasteiger partial charge in [0, 0.05) is 6.08 Å². The first-order chi connectivity index (χ1) is 8.31. The monoisotopic (exact) mass is 219 g/mol. The van der Waals surface area contributed by atoms with Crippen molar-refractivity contribution >= 4 is 5.57 Å². The van der Waals surface area contributed by atoms with Gasteiger partial charge in [0.2, 0.25) is 0 Å². The molecule has 17 heavy (non-hydrogen) atoms. The van der Waals surface area contributed by atoms with Crippen molar-refractivity contribution < 1.29 is 0 Å². The molecule has 0 amide bonds. The molecule has 0 aromatic heterocycles. The van der Waals surface area contributed by atoms with Crippen LogP contribution in [0.5, 0.6) is 0 Å². The number of hydrogen-bond acceptors (Lipinski definition) is 1. The Labute approximate surface area is 102 Å². The second kappa shape index (κ2) is 5.14. The average molecular weight is 219 g/mol. The number of rotatable bonds is 2. The molecule has 0 aliphatic rings. The minimum absolute atomic E-state index is 0.966. The highest BCUT2D eigenvalue weighted by Crippen LogP contribution is 2.23. The van der Waals surface area contributed by atoms with E-state index >= 15 is 0 Å². The van der Waals surface area contributed by atoms with Gasteiger partial charge in [-0.2, -0.15) is 5.26 Å². The quantitative estimate of drug-likeness (QED) is 0.701. The molecule has 0 atom stereocenters. The van der Waals surface area contributed by atoms with Crippen molar-refractivity contribution in [3.8, 4) is 6.07 Å². The first-order valence-corrected chi connectivity index (χ1v) is 5.53. The van der Waals surface area contributed by atoms with Crippen molar-refractivity contribution in [3.05, 3.63) is 77.4 Å². The number of nitriles is 1. The Morgan fingerprint density at radius 2 is 1.53 bits per heavy atom. The number of aryl methyl sites for hydroxylation is 1. The van der Waals surface area contributed by atoms with E-state index in [1.807, 2.05) is 42.5 Å². The Kier molecular flexibility index (Phi) is 3.37. The molecule has 0 heterocycles. The lowest BCUT2D eigenvalue weighted by atomic mass is 9.97. The molecule has 0 aliphatic carbocycles. The van der Waals surface area contributed by atoms with E-state index in [-0.39, 0.29) is 0 Å². The maximum absolute atomic E-state index is 8.89. The van der Waals surface area contributed by atoms with Gasteiger partial charge in [0.05, 0.1) is 6.07 Å². The normalized spacial score (nSPS) is 10.9. The third-order valence-electron chi connectivity index (χ3n) is 2.66. The van der Waals surface area contributed by atoms with E-state index in [0.717, 1.165) is 16.7 Å². The van der Waals surface area contributed by atoms with Crippen LogP contribution in [0.15, 0.2) is 60.7 Å². The van der Waals surface area contributed by atoms with E-state index in [1.165, 1.54) is 5.56 Å². The average Bonchev–Trinajstić information content (AvgIpc) is 2.38. The van der Waals surface area contributed by atoms with Crippen LogP contribution in [0.25, 0.3) is 5.57 Å². The third-order valence-corrected chi connectivity index (χ3v) is 2.66. The molecule has 1 heteroatoms. The van der Waals surface area contributed by atoms with Gasteiger partial charge in [-0.25, -0.2) is 0 Å². The van der Waals surface area contributed by atoms with Crippen LogP contribution in [0.1, 0.15) is 16.7 Å². The van der Waals surface area contributed by atoms with Crippen molar-refractivity contribution in [2.45, 2.75) is 6.92 Å². The van der Waals surface area contributed by atoms with Gasteiger partial charge in [0.1, 0.15) is 0 Å². The molecule has 0 aliphatic heterocycles. The molecule has 0 fully saturated rings. The molecule has 0 saturated carbocycles. The van der Waals surface area contributed by atoms with E-state index in [4.69, 9.17) is 5.26 Å². The Morgan fingerprint density at radius 1 is 0.941 bits per heavy atom. The summed E-state index contributed by atoms with van der Waals surface area (Å²) in [6.45, 7) is 2.06. The zero-order chi connectivity index (χ0) is 12.1. The Hall–Kier alpha value is -2.33. The van der Waals surface area contributed by atoms with Crippen molar-refractivity contribution in [2.75, 3.05) is 0 Å². The van der Waals surface area contributed by atoms with Crippen LogP contribution in [0.3, 0.4) is 0 Å². The Morgan fingerprint density at radius 3 is 2.12 bits per heavy atom. The highest BCUT2D eigenvalue weighted by atomic mass is 14.2. The van der Waals surface area contributed by atoms with Crippen LogP contribution in [0.2, 0.25) is 0 Å². The van der Waals surface area contributed by atoms with Gasteiger partial charge >= 0.3 is 0 Å². The van der Waals surface area contributed by atoms with Gasteiger partial charge < -0.3 is 0 Å². The molecule has 0 spiro atoms. The molecular weight excluding hydrogens is 206 g/mol. The molecule has 2 aromatic rings. The minimum atomic E-state index is 0.966. The molecule has 0 radical (unpaired) electrons. The standard InChI is InChI=1S/C16H13N/c1-13-7-9-15(10-8-13)16(11-12-17)14-5-3-2-4-6-14/h2-11H,1H3/b16-11-. The lowest BCUT2D eigenvalue weighted by Gasteiger charge is -2.07. The summed E-state index contributed by atoms with van der Waals surface area (Å²) in [6, 6.07) is 20.3. The van der Waals surface area contributed by atoms with E-state index < -0.39 is 0 Å². The van der Waals surface area contributed by atoms with E-state index in [2.05, 4.69) is 25.1 Å². The summed E-state index contributed by atoms with van der Waals surface area (Å²) < 4.78 is 0. The first kappa shape index (κ1) is 11.2. The van der Waals surface area contributed by atoms with Crippen molar-refractivity contribution in [2.24, 2.45) is 0 Å². The first-order valence-electron chi connectivity index (χ1n) is 5.53. The zero-order valence-corrected chi connectivity index (χ0v) is 9.72. The molecular formula is C16H13N. The summed E-state index contributed by atoms with van der Waals surface area (Å²) in [5.74, 6) is 0. The Balaban J connectivity index is 2.48. The topological polar surface area (TPSA) is 23.8 Å². The summed E-state index contributed by atoms with van der Waals surface area (Å²) in [6.07, 6.45) is 1.60. The van der Waals surface area contributed by atoms with Gasteiger partial charge in [-0.15, -0.1) is 0 Å². The van der Waals surface area contributed by atoms with Gasteiger partial charge in [0.25, 0.3) is 0 Å². The molecule has 1 nitrogen and oxygen atoms in total. The predicted molar refractivity (Wildman–Crippen MR) is 70.3 cm³/mol. The minimum Gasteiger partial charge on any atom is -0.193 e. The molecule has 82 valence electrons. The maximum Gasteiger partial charge on any atom is 0.0918 e. The van der Waals surface area contributed by atoms with Crippen LogP contribution in [-0.2, 0) is 0 Å². The molecule has 0 saturated heterocycles. The summed E-state index contributed by atoms with van der Waals surface area (Å²) in [7, 11) is 0. The highest BCUT2D eigenvalue weighted by molar-refractivity contribution is 5.81. The van der Waals surface area contributed by atoms with E-state index in [1.54, 1.807) is 6.08 Å². The fourth-order valence-corrected chi connectivity index (χ4v) is 1.75. The summed E-state index contributed by atoms with van der Waals surface area (Å²) in [4.78, 5) is 0. The fraction of sp³-hybridized carbons (Fsp3) is 0.0625. The summed E-state index contributed by atoms with van der Waals surface area (Å²) in [5.41, 5.74) is 4.33. The second-order valence-electron chi connectivity index (χ2n) is 3.92. The Bertz CT molecular complexity index is 557. The highest BCUT2D eigenvalue weighted by Gasteiger charge is 2.03. The van der Waals surface area contributed by atoms with Crippen LogP contribution < -0.4 is 0 Å². The van der Waals surface area contributed by atoms with Gasteiger partial charge in [-0.1, -0.05) is 60.2 Å². The number of hydrogen-bond donors (Lipinski definition) is 0.